The van der Waals surface area contributed by atoms with Gasteiger partial charge in [-0.15, -0.1) is 0 Å². The van der Waals surface area contributed by atoms with E-state index in [0.29, 0.717) is 11.3 Å². The Balaban J connectivity index is 2.10. The zero-order valence-corrected chi connectivity index (χ0v) is 12.6. The van der Waals surface area contributed by atoms with Gasteiger partial charge in [-0.2, -0.15) is 5.10 Å². The van der Waals surface area contributed by atoms with Gasteiger partial charge in [0.2, 0.25) is 0 Å². The van der Waals surface area contributed by atoms with Crippen LogP contribution in [0.1, 0.15) is 33.0 Å². The lowest BCUT2D eigenvalue weighted by Crippen LogP contribution is -2.18. The highest BCUT2D eigenvalue weighted by atomic mass is 16.5. The molecule has 0 spiro atoms. The largest absolute Gasteiger partial charge is 0.496 e. The quantitative estimate of drug-likeness (QED) is 0.694. The second-order valence-electron chi connectivity index (χ2n) is 4.77. The van der Waals surface area contributed by atoms with E-state index in [-0.39, 0.29) is 5.91 Å². The van der Waals surface area contributed by atoms with E-state index in [9.17, 15) is 4.79 Å². The van der Waals surface area contributed by atoms with Crippen molar-refractivity contribution in [1.29, 1.82) is 0 Å². The summed E-state index contributed by atoms with van der Waals surface area (Å²) in [5, 5.41) is 3.95. The van der Waals surface area contributed by atoms with Crippen LogP contribution in [0.2, 0.25) is 0 Å². The van der Waals surface area contributed by atoms with Crippen molar-refractivity contribution in [3.05, 3.63) is 52.5 Å². The van der Waals surface area contributed by atoms with Gasteiger partial charge in [-0.1, -0.05) is 6.07 Å². The van der Waals surface area contributed by atoms with Crippen LogP contribution in [0.5, 0.6) is 5.75 Å². The Morgan fingerprint density at radius 2 is 2.05 bits per heavy atom. The number of carbonyl (C=O) groups excluding carboxylic acids is 1. The lowest BCUT2D eigenvalue weighted by Gasteiger charge is -2.07. The molecule has 0 saturated carbocycles. The van der Waals surface area contributed by atoms with Crippen LogP contribution < -0.4 is 10.2 Å². The molecule has 1 N–H and O–H groups in total. The average molecular weight is 286 g/mol. The predicted molar refractivity (Wildman–Crippen MR) is 81.0 cm³/mol. The molecule has 0 fully saturated rings. The lowest BCUT2D eigenvalue weighted by atomic mass is 10.1. The van der Waals surface area contributed by atoms with Crippen LogP contribution in [-0.2, 0) is 0 Å². The van der Waals surface area contributed by atoms with Crippen molar-refractivity contribution in [3.63, 3.8) is 0 Å². The number of methoxy groups -OCH3 is 1. The van der Waals surface area contributed by atoms with E-state index in [2.05, 4.69) is 10.5 Å². The summed E-state index contributed by atoms with van der Waals surface area (Å²) in [6, 6.07) is 7.23. The van der Waals surface area contributed by atoms with E-state index in [4.69, 9.17) is 9.15 Å². The molecule has 1 amide bonds. The Kier molecular flexibility index (Phi) is 4.42. The molecule has 5 nitrogen and oxygen atoms in total. The minimum atomic E-state index is -0.319. The Bertz CT molecular complexity index is 687. The minimum Gasteiger partial charge on any atom is -0.496 e. The van der Waals surface area contributed by atoms with Crippen LogP contribution in [0.15, 0.2) is 33.8 Å². The molecule has 1 heterocycles. The summed E-state index contributed by atoms with van der Waals surface area (Å²) in [5.74, 6) is 1.78. The van der Waals surface area contributed by atoms with E-state index in [1.54, 1.807) is 12.3 Å². The van der Waals surface area contributed by atoms with E-state index in [0.717, 1.165) is 22.6 Å². The standard InChI is InChI=1S/C16H18N2O3/c1-10-5-6-14(15(7-10)20-4)16(19)18-17-9-13-8-11(2)21-12(13)3/h5-9H,1-4H3,(H,18,19)/b17-9+. The van der Waals surface area contributed by atoms with Crippen molar-refractivity contribution >= 4 is 12.1 Å². The number of carbonyl (C=O) groups is 1. The molecule has 110 valence electrons. The number of nitrogens with zero attached hydrogens (tertiary/aromatic N) is 1. The molecule has 0 unspecified atom stereocenters. The maximum atomic E-state index is 12.1. The zero-order chi connectivity index (χ0) is 15.4. The van der Waals surface area contributed by atoms with Crippen LogP contribution in [0.25, 0.3) is 0 Å². The topological polar surface area (TPSA) is 63.8 Å². The number of hydrogen-bond acceptors (Lipinski definition) is 4. The second kappa shape index (κ2) is 6.26. The van der Waals surface area contributed by atoms with E-state index < -0.39 is 0 Å². The van der Waals surface area contributed by atoms with Gasteiger partial charge >= 0.3 is 0 Å². The highest BCUT2D eigenvalue weighted by molar-refractivity contribution is 5.97. The third-order valence-electron chi connectivity index (χ3n) is 3.05. The first-order valence-corrected chi connectivity index (χ1v) is 6.56. The first-order valence-electron chi connectivity index (χ1n) is 6.56. The molecule has 2 rings (SSSR count). The number of ether oxygens (including phenoxy) is 1. The SMILES string of the molecule is COc1cc(C)ccc1C(=O)N/N=C/c1cc(C)oc1C. The summed E-state index contributed by atoms with van der Waals surface area (Å²) in [5.41, 5.74) is 4.79. The molecule has 21 heavy (non-hydrogen) atoms. The van der Waals surface area contributed by atoms with Crippen LogP contribution in [0.3, 0.4) is 0 Å². The summed E-state index contributed by atoms with van der Waals surface area (Å²) in [4.78, 5) is 12.1. The highest BCUT2D eigenvalue weighted by Gasteiger charge is 2.11. The van der Waals surface area contributed by atoms with Gasteiger partial charge in [-0.25, -0.2) is 5.43 Å². The number of amides is 1. The zero-order valence-electron chi connectivity index (χ0n) is 12.6. The van der Waals surface area contributed by atoms with Crippen LogP contribution >= 0.6 is 0 Å². The monoisotopic (exact) mass is 286 g/mol. The summed E-state index contributed by atoms with van der Waals surface area (Å²) < 4.78 is 10.6. The maximum absolute atomic E-state index is 12.1. The molecular formula is C16H18N2O3. The third-order valence-corrected chi connectivity index (χ3v) is 3.05. The minimum absolute atomic E-state index is 0.319. The van der Waals surface area contributed by atoms with Gasteiger partial charge in [0.1, 0.15) is 17.3 Å². The van der Waals surface area contributed by atoms with Gasteiger partial charge in [0, 0.05) is 5.56 Å². The maximum Gasteiger partial charge on any atom is 0.275 e. The fourth-order valence-electron chi connectivity index (χ4n) is 1.99. The highest BCUT2D eigenvalue weighted by Crippen LogP contribution is 2.19. The van der Waals surface area contributed by atoms with E-state index >= 15 is 0 Å². The van der Waals surface area contributed by atoms with Gasteiger partial charge in [-0.3, -0.25) is 4.79 Å². The van der Waals surface area contributed by atoms with Crippen molar-refractivity contribution < 1.29 is 13.9 Å². The first kappa shape index (κ1) is 14.8. The Morgan fingerprint density at radius 3 is 2.67 bits per heavy atom. The number of aryl methyl sites for hydroxylation is 3. The fourth-order valence-corrected chi connectivity index (χ4v) is 1.99. The molecule has 0 saturated heterocycles. The molecule has 0 aliphatic heterocycles. The molecule has 0 aliphatic carbocycles. The average Bonchev–Trinajstić information content (AvgIpc) is 2.76. The molecule has 0 atom stereocenters. The molecule has 0 radical (unpaired) electrons. The Hall–Kier alpha value is -2.56. The normalized spacial score (nSPS) is 10.9. The number of hydrogen-bond donors (Lipinski definition) is 1. The number of rotatable bonds is 4. The number of benzene rings is 1. The Morgan fingerprint density at radius 1 is 1.29 bits per heavy atom. The summed E-state index contributed by atoms with van der Waals surface area (Å²) >= 11 is 0. The fraction of sp³-hybridized carbons (Fsp3) is 0.250. The van der Waals surface area contributed by atoms with Crippen LogP contribution in [0.4, 0.5) is 0 Å². The molecule has 1 aromatic heterocycles. The van der Waals surface area contributed by atoms with Crippen LogP contribution in [0, 0.1) is 20.8 Å². The predicted octanol–water partition coefficient (Wildman–Crippen LogP) is 2.98. The second-order valence-corrected chi connectivity index (χ2v) is 4.77. The molecule has 0 aliphatic rings. The lowest BCUT2D eigenvalue weighted by molar-refractivity contribution is 0.0952. The van der Waals surface area contributed by atoms with Crippen LogP contribution in [-0.4, -0.2) is 19.2 Å². The molecule has 1 aromatic carbocycles. The van der Waals surface area contributed by atoms with Gasteiger partial charge in [0.25, 0.3) is 5.91 Å². The van der Waals surface area contributed by atoms with Gasteiger partial charge in [0.15, 0.2) is 0 Å². The first-order chi connectivity index (χ1) is 10.0. The summed E-state index contributed by atoms with van der Waals surface area (Å²) in [7, 11) is 1.53. The molecule has 2 aromatic rings. The summed E-state index contributed by atoms with van der Waals surface area (Å²) in [6.07, 6.45) is 1.56. The molecular weight excluding hydrogens is 268 g/mol. The summed E-state index contributed by atoms with van der Waals surface area (Å²) in [6.45, 7) is 5.64. The smallest absolute Gasteiger partial charge is 0.275 e. The van der Waals surface area contributed by atoms with Gasteiger partial charge < -0.3 is 9.15 Å². The van der Waals surface area contributed by atoms with Gasteiger partial charge in [-0.05, 0) is 44.5 Å². The number of nitrogens with one attached hydrogen (secondary N) is 1. The third kappa shape index (κ3) is 3.51. The number of furan rings is 1. The van der Waals surface area contributed by atoms with Crippen molar-refractivity contribution in [2.45, 2.75) is 20.8 Å². The Labute approximate surface area is 123 Å². The van der Waals surface area contributed by atoms with Crippen molar-refractivity contribution in [2.75, 3.05) is 7.11 Å². The van der Waals surface area contributed by atoms with E-state index in [1.165, 1.54) is 7.11 Å². The molecule has 5 heteroatoms. The van der Waals surface area contributed by atoms with Gasteiger partial charge in [0.05, 0.1) is 18.9 Å². The molecule has 0 bridgehead atoms. The van der Waals surface area contributed by atoms with Crippen molar-refractivity contribution in [1.82, 2.24) is 5.43 Å². The number of hydrazone groups is 1. The van der Waals surface area contributed by atoms with Crippen molar-refractivity contribution in [2.24, 2.45) is 5.10 Å². The van der Waals surface area contributed by atoms with Crippen molar-refractivity contribution in [3.8, 4) is 5.75 Å². The van der Waals surface area contributed by atoms with E-state index in [1.807, 2.05) is 39.0 Å².